The summed E-state index contributed by atoms with van der Waals surface area (Å²) < 4.78 is 0.949. The minimum Gasteiger partial charge on any atom is -1.00 e. The van der Waals surface area contributed by atoms with Gasteiger partial charge in [0.1, 0.15) is 12.2 Å². The number of halogens is 1. The van der Waals surface area contributed by atoms with E-state index in [2.05, 4.69) is 74.6 Å². The molecule has 1 atom stereocenters. The zero-order valence-corrected chi connectivity index (χ0v) is 13.2. The quantitative estimate of drug-likeness (QED) is 0.565. The highest BCUT2D eigenvalue weighted by atomic mass is 127. The molecule has 0 heterocycles. The van der Waals surface area contributed by atoms with Gasteiger partial charge in [0.25, 0.3) is 0 Å². The fourth-order valence-corrected chi connectivity index (χ4v) is 2.16. The molecule has 0 aliphatic carbocycles. The number of hydrogen-bond donors (Lipinski definition) is 0. The van der Waals surface area contributed by atoms with Gasteiger partial charge in [-0.3, -0.25) is 4.48 Å². The van der Waals surface area contributed by atoms with Crippen molar-refractivity contribution in [2.45, 2.75) is 13.5 Å². The van der Waals surface area contributed by atoms with E-state index in [0.717, 1.165) is 17.6 Å². The first-order valence-corrected chi connectivity index (χ1v) is 6.19. The summed E-state index contributed by atoms with van der Waals surface area (Å²) >= 11 is 0. The summed E-state index contributed by atoms with van der Waals surface area (Å²) in [6.45, 7) is 4.39. The van der Waals surface area contributed by atoms with Gasteiger partial charge in [0.05, 0.1) is 13.6 Å². The van der Waals surface area contributed by atoms with Gasteiger partial charge < -0.3 is 24.0 Å². The molecule has 1 unspecified atom stereocenters. The average Bonchev–Trinajstić information content (AvgIpc) is 2.41. The van der Waals surface area contributed by atoms with Crippen molar-refractivity contribution in [1.29, 1.82) is 0 Å². The van der Waals surface area contributed by atoms with Gasteiger partial charge in [0.2, 0.25) is 0 Å². The van der Waals surface area contributed by atoms with Crippen LogP contribution in [0.25, 0.3) is 0 Å². The molecule has 0 aliphatic rings. The van der Waals surface area contributed by atoms with Gasteiger partial charge in [-0.15, -0.1) is 0 Å². The second-order valence-corrected chi connectivity index (χ2v) is 4.69. The van der Waals surface area contributed by atoms with Crippen molar-refractivity contribution in [1.82, 2.24) is 4.48 Å². The van der Waals surface area contributed by atoms with Crippen molar-refractivity contribution in [3.63, 3.8) is 0 Å². The number of rotatable bonds is 4. The van der Waals surface area contributed by atoms with Crippen molar-refractivity contribution in [3.8, 4) is 0 Å². The highest BCUT2D eigenvalue weighted by Gasteiger charge is 2.22. The van der Waals surface area contributed by atoms with Crippen molar-refractivity contribution in [2.75, 3.05) is 13.6 Å². The zero-order valence-electron chi connectivity index (χ0n) is 11.0. The molecule has 0 saturated carbocycles. The standard InChI is InChI=1S/C16H20N.HI/c1-3-17(2,16-12-8-5-9-13-16)14-15-10-6-4-7-11-15;/h4-13H,3,14H2,1-2H3;1H/q+1;/p-1. The summed E-state index contributed by atoms with van der Waals surface area (Å²) in [5.41, 5.74) is 2.76. The van der Waals surface area contributed by atoms with E-state index in [1.807, 2.05) is 0 Å². The molecular formula is C16H20IN. The molecule has 2 heteroatoms. The molecule has 0 saturated heterocycles. The summed E-state index contributed by atoms with van der Waals surface area (Å²) in [6.07, 6.45) is 0. The lowest BCUT2D eigenvalue weighted by molar-refractivity contribution is -0.00000363. The van der Waals surface area contributed by atoms with E-state index in [-0.39, 0.29) is 24.0 Å². The monoisotopic (exact) mass is 353 g/mol. The molecule has 0 fully saturated rings. The van der Waals surface area contributed by atoms with Crippen LogP contribution in [0.2, 0.25) is 0 Å². The van der Waals surface area contributed by atoms with E-state index in [0.29, 0.717) is 0 Å². The molecule has 0 amide bonds. The maximum atomic E-state index is 2.29. The number of quaternary nitrogens is 1. The van der Waals surface area contributed by atoms with Crippen LogP contribution in [0.3, 0.4) is 0 Å². The molecule has 0 spiro atoms. The van der Waals surface area contributed by atoms with Crippen LogP contribution in [0, 0.1) is 0 Å². The van der Waals surface area contributed by atoms with E-state index >= 15 is 0 Å². The molecule has 0 bridgehead atoms. The topological polar surface area (TPSA) is 0 Å². The predicted molar refractivity (Wildman–Crippen MR) is 74.8 cm³/mol. The second kappa shape index (κ2) is 6.90. The average molecular weight is 353 g/mol. The summed E-state index contributed by atoms with van der Waals surface area (Å²) in [6, 6.07) is 21.4. The Labute approximate surface area is 127 Å². The summed E-state index contributed by atoms with van der Waals surface area (Å²) in [4.78, 5) is 0. The van der Waals surface area contributed by atoms with Crippen LogP contribution in [0.1, 0.15) is 12.5 Å². The molecule has 0 aromatic heterocycles. The zero-order chi connectivity index (χ0) is 12.1. The minimum atomic E-state index is 0. The van der Waals surface area contributed by atoms with Crippen molar-refractivity contribution in [2.24, 2.45) is 0 Å². The summed E-state index contributed by atoms with van der Waals surface area (Å²) in [5.74, 6) is 0. The predicted octanol–water partition coefficient (Wildman–Crippen LogP) is 0.848. The molecule has 0 N–H and O–H groups in total. The summed E-state index contributed by atoms with van der Waals surface area (Å²) in [5, 5.41) is 0. The van der Waals surface area contributed by atoms with E-state index in [4.69, 9.17) is 0 Å². The van der Waals surface area contributed by atoms with Crippen molar-refractivity contribution in [3.05, 3.63) is 66.2 Å². The SMILES string of the molecule is CC[N+](C)(Cc1ccccc1)c1ccccc1.[I-]. The first-order valence-electron chi connectivity index (χ1n) is 6.19. The lowest BCUT2D eigenvalue weighted by atomic mass is 10.1. The Morgan fingerprint density at radius 2 is 1.33 bits per heavy atom. The highest BCUT2D eigenvalue weighted by molar-refractivity contribution is 5.42. The van der Waals surface area contributed by atoms with Crippen LogP contribution >= 0.6 is 0 Å². The number of nitrogens with zero attached hydrogens (tertiary/aromatic N) is 1. The van der Waals surface area contributed by atoms with Crippen LogP contribution in [-0.2, 0) is 6.54 Å². The molecule has 0 aliphatic heterocycles. The van der Waals surface area contributed by atoms with Gasteiger partial charge in [-0.2, -0.15) is 0 Å². The van der Waals surface area contributed by atoms with Crippen LogP contribution in [0.15, 0.2) is 60.7 Å². The van der Waals surface area contributed by atoms with Crippen LogP contribution in [0.4, 0.5) is 5.69 Å². The van der Waals surface area contributed by atoms with Crippen molar-refractivity contribution >= 4 is 5.69 Å². The van der Waals surface area contributed by atoms with Gasteiger partial charge in [-0.1, -0.05) is 48.5 Å². The van der Waals surface area contributed by atoms with Crippen LogP contribution in [-0.4, -0.2) is 13.6 Å². The normalized spacial score (nSPS) is 13.4. The van der Waals surface area contributed by atoms with Crippen molar-refractivity contribution < 1.29 is 24.0 Å². The Morgan fingerprint density at radius 1 is 0.833 bits per heavy atom. The third kappa shape index (κ3) is 3.56. The molecule has 96 valence electrons. The minimum absolute atomic E-state index is 0. The van der Waals surface area contributed by atoms with Crippen LogP contribution in [0.5, 0.6) is 0 Å². The fourth-order valence-electron chi connectivity index (χ4n) is 2.16. The lowest BCUT2D eigenvalue weighted by Gasteiger charge is -2.33. The van der Waals surface area contributed by atoms with E-state index in [1.54, 1.807) is 0 Å². The Hall–Kier alpha value is -0.870. The Kier molecular flexibility index (Phi) is 5.82. The molecular weight excluding hydrogens is 333 g/mol. The van der Waals surface area contributed by atoms with E-state index in [1.165, 1.54) is 11.3 Å². The van der Waals surface area contributed by atoms with E-state index < -0.39 is 0 Å². The third-order valence-electron chi connectivity index (χ3n) is 3.45. The number of benzene rings is 2. The Balaban J connectivity index is 0.00000162. The van der Waals surface area contributed by atoms with Gasteiger partial charge in [-0.05, 0) is 19.1 Å². The molecule has 2 aromatic carbocycles. The fraction of sp³-hybridized carbons (Fsp3) is 0.250. The number of hydrogen-bond acceptors (Lipinski definition) is 0. The van der Waals surface area contributed by atoms with Crippen LogP contribution < -0.4 is 28.5 Å². The molecule has 1 nitrogen and oxygen atoms in total. The first-order chi connectivity index (χ1) is 8.24. The maximum Gasteiger partial charge on any atom is 0.132 e. The second-order valence-electron chi connectivity index (χ2n) is 4.69. The maximum absolute atomic E-state index is 2.29. The molecule has 2 rings (SSSR count). The Bertz CT molecular complexity index is 455. The highest BCUT2D eigenvalue weighted by Crippen LogP contribution is 2.23. The van der Waals surface area contributed by atoms with Gasteiger partial charge in [-0.25, -0.2) is 0 Å². The Morgan fingerprint density at radius 3 is 1.83 bits per heavy atom. The summed E-state index contributed by atoms with van der Waals surface area (Å²) in [7, 11) is 2.29. The number of para-hydroxylation sites is 1. The van der Waals surface area contributed by atoms with E-state index in [9.17, 15) is 0 Å². The molecule has 0 radical (unpaired) electrons. The first kappa shape index (κ1) is 15.2. The lowest BCUT2D eigenvalue weighted by Crippen LogP contribution is -3.00. The van der Waals surface area contributed by atoms with Gasteiger partial charge in [0, 0.05) is 5.56 Å². The third-order valence-corrected chi connectivity index (χ3v) is 3.45. The largest absolute Gasteiger partial charge is 1.00 e. The van der Waals surface area contributed by atoms with Gasteiger partial charge >= 0.3 is 0 Å². The molecule has 18 heavy (non-hydrogen) atoms. The molecule has 2 aromatic rings. The smallest absolute Gasteiger partial charge is 0.132 e. The van der Waals surface area contributed by atoms with Gasteiger partial charge in [0.15, 0.2) is 0 Å².